The predicted molar refractivity (Wildman–Crippen MR) is 98.5 cm³/mol. The molecule has 0 bridgehead atoms. The molecule has 0 saturated heterocycles. The van der Waals surface area contributed by atoms with Crippen LogP contribution in [0.2, 0.25) is 10.0 Å². The van der Waals surface area contributed by atoms with E-state index in [1.165, 1.54) is 19.1 Å². The number of esters is 1. The van der Waals surface area contributed by atoms with E-state index in [0.29, 0.717) is 5.02 Å². The van der Waals surface area contributed by atoms with Gasteiger partial charge in [0.1, 0.15) is 22.6 Å². The van der Waals surface area contributed by atoms with Gasteiger partial charge in [0.25, 0.3) is 11.8 Å². The Labute approximate surface area is 164 Å². The Balaban J connectivity index is 2.17. The molecule has 2 amide bonds. The number of primary amides is 1. The third kappa shape index (κ3) is 4.93. The summed E-state index contributed by atoms with van der Waals surface area (Å²) in [6.45, 7) is 2.69. The molecule has 1 aromatic heterocycles. The molecule has 0 fully saturated rings. The second-order valence-electron chi connectivity index (χ2n) is 5.23. The molecule has 3 N–H and O–H groups in total. The van der Waals surface area contributed by atoms with Gasteiger partial charge in [0, 0.05) is 11.1 Å². The lowest BCUT2D eigenvalue weighted by Crippen LogP contribution is -2.23. The molecule has 10 heteroatoms. The third-order valence-electron chi connectivity index (χ3n) is 3.32. The van der Waals surface area contributed by atoms with E-state index in [1.54, 1.807) is 13.0 Å². The summed E-state index contributed by atoms with van der Waals surface area (Å²) in [6, 6.07) is 4.53. The lowest BCUT2D eigenvalue weighted by Gasteiger charge is -2.08. The van der Waals surface area contributed by atoms with E-state index in [4.69, 9.17) is 42.8 Å². The van der Waals surface area contributed by atoms with Crippen molar-refractivity contribution in [1.82, 2.24) is 0 Å². The Morgan fingerprint density at radius 2 is 1.93 bits per heavy atom. The molecule has 27 heavy (non-hydrogen) atoms. The average molecular weight is 415 g/mol. The molecule has 2 aromatic rings. The number of furan rings is 1. The van der Waals surface area contributed by atoms with Crippen LogP contribution in [0.5, 0.6) is 5.75 Å². The zero-order valence-electron chi connectivity index (χ0n) is 14.4. The molecule has 0 radical (unpaired) electrons. The van der Waals surface area contributed by atoms with Gasteiger partial charge in [-0.25, -0.2) is 4.79 Å². The van der Waals surface area contributed by atoms with Crippen molar-refractivity contribution in [2.45, 2.75) is 13.8 Å². The summed E-state index contributed by atoms with van der Waals surface area (Å²) in [5, 5.41) is 2.99. The Bertz CT molecular complexity index is 894. The van der Waals surface area contributed by atoms with Crippen molar-refractivity contribution in [2.75, 3.05) is 18.5 Å². The van der Waals surface area contributed by atoms with E-state index in [1.807, 2.05) is 0 Å². The number of hydrogen-bond donors (Lipinski definition) is 2. The Kier molecular flexibility index (Phi) is 6.70. The van der Waals surface area contributed by atoms with Crippen molar-refractivity contribution in [3.63, 3.8) is 0 Å². The van der Waals surface area contributed by atoms with E-state index in [9.17, 15) is 14.4 Å². The first kappa shape index (κ1) is 20.6. The highest BCUT2D eigenvalue weighted by atomic mass is 35.5. The fourth-order valence-electron chi connectivity index (χ4n) is 2.21. The van der Waals surface area contributed by atoms with E-state index < -0.39 is 24.4 Å². The van der Waals surface area contributed by atoms with Crippen molar-refractivity contribution in [1.29, 1.82) is 0 Å². The van der Waals surface area contributed by atoms with Crippen LogP contribution in [0.15, 0.2) is 22.6 Å². The van der Waals surface area contributed by atoms with Gasteiger partial charge in [-0.05, 0) is 26.0 Å². The molecule has 8 nitrogen and oxygen atoms in total. The largest absolute Gasteiger partial charge is 0.482 e. The van der Waals surface area contributed by atoms with E-state index in [-0.39, 0.29) is 40.2 Å². The van der Waals surface area contributed by atoms with Gasteiger partial charge < -0.3 is 19.6 Å². The molecule has 0 unspecified atom stereocenters. The fourth-order valence-corrected chi connectivity index (χ4v) is 2.54. The molecule has 1 heterocycles. The Morgan fingerprint density at radius 1 is 1.22 bits per heavy atom. The molecular formula is C17H16Cl2N2O6. The quantitative estimate of drug-likeness (QED) is 0.670. The first-order valence-electron chi connectivity index (χ1n) is 7.72. The maximum Gasteiger partial charge on any atom is 0.342 e. The minimum atomic E-state index is -0.955. The Morgan fingerprint density at radius 3 is 2.56 bits per heavy atom. The van der Waals surface area contributed by atoms with Crippen molar-refractivity contribution in [2.24, 2.45) is 5.73 Å². The maximum atomic E-state index is 12.1. The van der Waals surface area contributed by atoms with Crippen LogP contribution in [-0.2, 0) is 9.53 Å². The van der Waals surface area contributed by atoms with Crippen molar-refractivity contribution < 1.29 is 28.3 Å². The monoisotopic (exact) mass is 414 g/mol. The van der Waals surface area contributed by atoms with Gasteiger partial charge in [0.2, 0.25) is 5.88 Å². The molecule has 0 aliphatic carbocycles. The number of benzene rings is 1. The number of carbonyl (C=O) groups excluding carboxylic acids is 3. The molecular weight excluding hydrogens is 399 g/mol. The predicted octanol–water partition coefficient (Wildman–Crippen LogP) is 3.19. The lowest BCUT2D eigenvalue weighted by molar-refractivity contribution is -0.118. The number of rotatable bonds is 7. The van der Waals surface area contributed by atoms with Crippen LogP contribution >= 0.6 is 23.2 Å². The number of amides is 2. The molecule has 0 atom stereocenters. The molecule has 144 valence electrons. The molecule has 0 aliphatic rings. The van der Waals surface area contributed by atoms with E-state index in [0.717, 1.165) is 0 Å². The van der Waals surface area contributed by atoms with Crippen LogP contribution in [0, 0.1) is 6.92 Å². The second-order valence-corrected chi connectivity index (χ2v) is 6.08. The van der Waals surface area contributed by atoms with Crippen LogP contribution in [0.4, 0.5) is 5.88 Å². The van der Waals surface area contributed by atoms with Crippen LogP contribution < -0.4 is 15.8 Å². The SMILES string of the molecule is CCOC(=O)c1c(C)oc(NC(=O)COc2cc(Cl)ccc2Cl)c1C(N)=O. The maximum absolute atomic E-state index is 12.1. The van der Waals surface area contributed by atoms with Gasteiger partial charge in [0.05, 0.1) is 11.6 Å². The number of aryl methyl sites for hydroxylation is 1. The van der Waals surface area contributed by atoms with Gasteiger partial charge >= 0.3 is 5.97 Å². The van der Waals surface area contributed by atoms with Crippen LogP contribution in [0.25, 0.3) is 0 Å². The number of nitrogens with one attached hydrogen (secondary N) is 1. The van der Waals surface area contributed by atoms with Gasteiger partial charge in [-0.3, -0.25) is 14.9 Å². The number of nitrogens with two attached hydrogens (primary N) is 1. The van der Waals surface area contributed by atoms with Crippen LogP contribution in [-0.4, -0.2) is 31.0 Å². The molecule has 1 aromatic carbocycles. The zero-order chi connectivity index (χ0) is 20.1. The summed E-state index contributed by atoms with van der Waals surface area (Å²) >= 11 is 11.8. The zero-order valence-corrected chi connectivity index (χ0v) is 15.9. The first-order chi connectivity index (χ1) is 12.7. The summed E-state index contributed by atoms with van der Waals surface area (Å²) < 4.78 is 15.5. The minimum Gasteiger partial charge on any atom is -0.482 e. The molecule has 0 aliphatic heterocycles. The van der Waals surface area contributed by atoms with Gasteiger partial charge in [-0.2, -0.15) is 0 Å². The fraction of sp³-hybridized carbons (Fsp3) is 0.235. The molecule has 2 rings (SSSR count). The number of carbonyl (C=O) groups is 3. The first-order valence-corrected chi connectivity index (χ1v) is 8.48. The lowest BCUT2D eigenvalue weighted by atomic mass is 10.1. The third-order valence-corrected chi connectivity index (χ3v) is 3.86. The second kappa shape index (κ2) is 8.79. The van der Waals surface area contributed by atoms with E-state index in [2.05, 4.69) is 5.32 Å². The molecule has 0 spiro atoms. The van der Waals surface area contributed by atoms with Crippen molar-refractivity contribution >= 4 is 46.9 Å². The summed E-state index contributed by atoms with van der Waals surface area (Å²) in [6.07, 6.45) is 0. The summed E-state index contributed by atoms with van der Waals surface area (Å²) in [5.41, 5.74) is 4.90. The number of anilines is 1. The summed E-state index contributed by atoms with van der Waals surface area (Å²) in [4.78, 5) is 35.9. The van der Waals surface area contributed by atoms with E-state index >= 15 is 0 Å². The number of halogens is 2. The normalized spacial score (nSPS) is 10.4. The van der Waals surface area contributed by atoms with Gasteiger partial charge in [0.15, 0.2) is 6.61 Å². The van der Waals surface area contributed by atoms with Crippen molar-refractivity contribution in [3.05, 3.63) is 45.1 Å². The molecule has 0 saturated carbocycles. The smallest absolute Gasteiger partial charge is 0.342 e. The van der Waals surface area contributed by atoms with Crippen LogP contribution in [0.3, 0.4) is 0 Å². The summed E-state index contributed by atoms with van der Waals surface area (Å²) in [5.74, 6) is -2.39. The Hall–Kier alpha value is -2.71. The van der Waals surface area contributed by atoms with Crippen molar-refractivity contribution in [3.8, 4) is 5.75 Å². The average Bonchev–Trinajstić information content (AvgIpc) is 2.92. The highest BCUT2D eigenvalue weighted by Gasteiger charge is 2.29. The van der Waals surface area contributed by atoms with Crippen LogP contribution in [0.1, 0.15) is 33.4 Å². The number of hydrogen-bond acceptors (Lipinski definition) is 6. The van der Waals surface area contributed by atoms with Gasteiger partial charge in [-0.15, -0.1) is 0 Å². The minimum absolute atomic E-state index is 0.0800. The van der Waals surface area contributed by atoms with Gasteiger partial charge in [-0.1, -0.05) is 23.2 Å². The number of ether oxygens (including phenoxy) is 2. The summed E-state index contributed by atoms with van der Waals surface area (Å²) in [7, 11) is 0. The topological polar surface area (TPSA) is 121 Å². The standard InChI is InChI=1S/C17H16Cl2N2O6/c1-3-25-17(24)13-8(2)27-16(14(13)15(20)23)21-12(22)7-26-11-6-9(18)4-5-10(11)19/h4-6H,3,7H2,1-2H3,(H2,20,23)(H,21,22). The highest BCUT2D eigenvalue weighted by molar-refractivity contribution is 6.34. The highest BCUT2D eigenvalue weighted by Crippen LogP contribution is 2.29.